The number of ether oxygens (including phenoxy) is 1. The predicted octanol–water partition coefficient (Wildman–Crippen LogP) is 0.0221. The van der Waals surface area contributed by atoms with Gasteiger partial charge in [-0.05, 0) is 13.0 Å². The molecule has 2 N–H and O–H groups in total. The summed E-state index contributed by atoms with van der Waals surface area (Å²) in [6.07, 6.45) is -1.39. The summed E-state index contributed by atoms with van der Waals surface area (Å²) in [5, 5.41) is 18.9. The number of nitrogens with zero attached hydrogens (tertiary/aromatic N) is 2. The first-order chi connectivity index (χ1) is 7.70. The lowest BCUT2D eigenvalue weighted by atomic mass is 10.3. The lowest BCUT2D eigenvalue weighted by Gasteiger charge is -2.16. The molecule has 1 fully saturated rings. The van der Waals surface area contributed by atoms with E-state index in [1.54, 1.807) is 6.07 Å². The molecule has 2 atom stereocenters. The number of aromatic nitrogens is 1. The Kier molecular flexibility index (Phi) is 3.26. The van der Waals surface area contributed by atoms with Gasteiger partial charge in [-0.15, -0.1) is 0 Å². The lowest BCUT2D eigenvalue weighted by molar-refractivity contribution is 0.0572. The minimum atomic E-state index is -0.697. The van der Waals surface area contributed by atoms with Crippen molar-refractivity contribution in [2.45, 2.75) is 19.1 Å². The molecule has 0 bridgehead atoms. The van der Waals surface area contributed by atoms with Crippen LogP contribution in [0.25, 0.3) is 0 Å². The second-order valence-corrected chi connectivity index (χ2v) is 3.81. The normalized spacial score (nSPS) is 24.8. The average Bonchev–Trinajstić information content (AvgIpc) is 2.60. The molecule has 0 aromatic carbocycles. The zero-order valence-electron chi connectivity index (χ0n) is 9.21. The third kappa shape index (κ3) is 2.25. The Morgan fingerprint density at radius 1 is 1.38 bits per heavy atom. The number of rotatable bonds is 3. The largest absolute Gasteiger partial charge is 0.478 e. The van der Waals surface area contributed by atoms with Crippen LogP contribution in [-0.2, 0) is 0 Å². The molecule has 16 heavy (non-hydrogen) atoms. The molecule has 2 unspecified atom stereocenters. The average molecular weight is 224 g/mol. The van der Waals surface area contributed by atoms with Crippen molar-refractivity contribution >= 4 is 5.82 Å². The van der Waals surface area contributed by atoms with E-state index in [0.29, 0.717) is 25.6 Å². The first-order valence-corrected chi connectivity index (χ1v) is 5.41. The van der Waals surface area contributed by atoms with Crippen molar-refractivity contribution in [1.29, 1.82) is 0 Å². The van der Waals surface area contributed by atoms with Crippen LogP contribution in [0.5, 0.6) is 5.88 Å². The second kappa shape index (κ2) is 4.67. The molecule has 0 radical (unpaired) electrons. The highest BCUT2D eigenvalue weighted by molar-refractivity contribution is 5.42. The van der Waals surface area contributed by atoms with Gasteiger partial charge < -0.3 is 19.8 Å². The molecule has 1 saturated heterocycles. The van der Waals surface area contributed by atoms with Gasteiger partial charge in [0.2, 0.25) is 5.88 Å². The van der Waals surface area contributed by atoms with E-state index in [4.69, 9.17) is 4.74 Å². The van der Waals surface area contributed by atoms with Gasteiger partial charge in [0.05, 0.1) is 18.8 Å². The van der Waals surface area contributed by atoms with Gasteiger partial charge in [-0.3, -0.25) is 0 Å². The summed E-state index contributed by atoms with van der Waals surface area (Å²) < 4.78 is 5.30. The smallest absolute Gasteiger partial charge is 0.215 e. The predicted molar refractivity (Wildman–Crippen MR) is 59.6 cm³/mol. The summed E-state index contributed by atoms with van der Waals surface area (Å²) in [5.41, 5.74) is 0. The van der Waals surface area contributed by atoms with Crippen molar-refractivity contribution in [3.05, 3.63) is 18.2 Å². The Hall–Kier alpha value is -1.33. The molecule has 0 aliphatic carbocycles. The van der Waals surface area contributed by atoms with Gasteiger partial charge in [-0.2, -0.15) is 4.98 Å². The van der Waals surface area contributed by atoms with Crippen LogP contribution in [0.2, 0.25) is 0 Å². The molecule has 1 aromatic rings. The van der Waals surface area contributed by atoms with Crippen molar-refractivity contribution in [1.82, 2.24) is 4.98 Å². The van der Waals surface area contributed by atoms with Crippen LogP contribution in [0.3, 0.4) is 0 Å². The van der Waals surface area contributed by atoms with Gasteiger partial charge in [0.1, 0.15) is 5.82 Å². The van der Waals surface area contributed by atoms with Crippen LogP contribution in [0.4, 0.5) is 5.82 Å². The molecule has 2 rings (SSSR count). The number of pyridine rings is 1. The van der Waals surface area contributed by atoms with E-state index in [0.717, 1.165) is 5.82 Å². The summed E-state index contributed by atoms with van der Waals surface area (Å²) in [7, 11) is 0. The van der Waals surface area contributed by atoms with Gasteiger partial charge in [-0.25, -0.2) is 0 Å². The number of aliphatic hydroxyl groups is 2. The molecule has 1 aliphatic rings. The van der Waals surface area contributed by atoms with E-state index in [9.17, 15) is 10.2 Å². The first-order valence-electron chi connectivity index (χ1n) is 5.41. The highest BCUT2D eigenvalue weighted by Crippen LogP contribution is 2.20. The van der Waals surface area contributed by atoms with E-state index in [-0.39, 0.29) is 0 Å². The molecular weight excluding hydrogens is 208 g/mol. The Bertz CT molecular complexity index is 349. The maximum atomic E-state index is 9.45. The van der Waals surface area contributed by atoms with Gasteiger partial charge in [-0.1, -0.05) is 6.07 Å². The highest BCUT2D eigenvalue weighted by Gasteiger charge is 2.30. The zero-order chi connectivity index (χ0) is 11.5. The Morgan fingerprint density at radius 2 is 2.06 bits per heavy atom. The molecule has 2 heterocycles. The number of hydrogen-bond donors (Lipinski definition) is 2. The first kappa shape index (κ1) is 11.2. The molecule has 5 nitrogen and oxygen atoms in total. The molecule has 5 heteroatoms. The topological polar surface area (TPSA) is 65.8 Å². The van der Waals surface area contributed by atoms with Crippen molar-refractivity contribution in [2.75, 3.05) is 24.6 Å². The van der Waals surface area contributed by atoms with Crippen molar-refractivity contribution in [3.63, 3.8) is 0 Å². The summed E-state index contributed by atoms with van der Waals surface area (Å²) in [4.78, 5) is 6.14. The fourth-order valence-corrected chi connectivity index (χ4v) is 1.76. The maximum Gasteiger partial charge on any atom is 0.215 e. The lowest BCUT2D eigenvalue weighted by Crippen LogP contribution is -2.22. The monoisotopic (exact) mass is 224 g/mol. The fraction of sp³-hybridized carbons (Fsp3) is 0.545. The number of hydrogen-bond acceptors (Lipinski definition) is 5. The van der Waals surface area contributed by atoms with Crippen LogP contribution in [0.15, 0.2) is 18.2 Å². The Morgan fingerprint density at radius 3 is 2.69 bits per heavy atom. The molecule has 1 aliphatic heterocycles. The molecular formula is C11H16N2O3. The highest BCUT2D eigenvalue weighted by atomic mass is 16.5. The quantitative estimate of drug-likeness (QED) is 0.758. The Labute approximate surface area is 94.3 Å². The molecule has 0 amide bonds. The number of aliphatic hydroxyl groups excluding tert-OH is 2. The van der Waals surface area contributed by atoms with E-state index < -0.39 is 12.2 Å². The van der Waals surface area contributed by atoms with Crippen molar-refractivity contribution < 1.29 is 14.9 Å². The standard InChI is InChI=1S/C11H16N2O3/c1-2-16-11-5-3-4-10(12-11)13-6-8(14)9(15)7-13/h3-5,8-9,14-15H,2,6-7H2,1H3. The van der Waals surface area contributed by atoms with Crippen LogP contribution >= 0.6 is 0 Å². The fourth-order valence-electron chi connectivity index (χ4n) is 1.76. The van der Waals surface area contributed by atoms with Gasteiger partial charge in [0.15, 0.2) is 0 Å². The molecule has 1 aromatic heterocycles. The summed E-state index contributed by atoms with van der Waals surface area (Å²) in [5.74, 6) is 1.29. The van der Waals surface area contributed by atoms with Gasteiger partial charge in [0.25, 0.3) is 0 Å². The molecule has 0 spiro atoms. The van der Waals surface area contributed by atoms with Crippen LogP contribution in [0.1, 0.15) is 6.92 Å². The third-order valence-corrected chi connectivity index (χ3v) is 2.58. The van der Waals surface area contributed by atoms with Crippen molar-refractivity contribution in [3.8, 4) is 5.88 Å². The summed E-state index contributed by atoms with van der Waals surface area (Å²) in [6, 6.07) is 5.48. The Balaban J connectivity index is 2.12. The van der Waals surface area contributed by atoms with Gasteiger partial charge in [0, 0.05) is 19.2 Å². The van der Waals surface area contributed by atoms with Crippen LogP contribution in [-0.4, -0.2) is 47.1 Å². The summed E-state index contributed by atoms with van der Waals surface area (Å²) in [6.45, 7) is 3.28. The van der Waals surface area contributed by atoms with Crippen LogP contribution in [0, 0.1) is 0 Å². The van der Waals surface area contributed by atoms with E-state index in [1.807, 2.05) is 24.0 Å². The minimum Gasteiger partial charge on any atom is -0.478 e. The summed E-state index contributed by atoms with van der Waals surface area (Å²) >= 11 is 0. The zero-order valence-corrected chi connectivity index (χ0v) is 9.21. The van der Waals surface area contributed by atoms with Crippen LogP contribution < -0.4 is 9.64 Å². The maximum absolute atomic E-state index is 9.45. The number of β-amino-alcohol motifs (C(OH)–C–C–N with tert-alkyl or cyclic N) is 2. The second-order valence-electron chi connectivity index (χ2n) is 3.81. The van der Waals surface area contributed by atoms with E-state index in [2.05, 4.69) is 4.98 Å². The third-order valence-electron chi connectivity index (χ3n) is 2.58. The number of anilines is 1. The van der Waals surface area contributed by atoms with E-state index >= 15 is 0 Å². The SMILES string of the molecule is CCOc1cccc(N2CC(O)C(O)C2)n1. The van der Waals surface area contributed by atoms with E-state index in [1.165, 1.54) is 0 Å². The minimum absolute atomic E-state index is 0.406. The molecule has 88 valence electrons. The molecule has 0 saturated carbocycles. The van der Waals surface area contributed by atoms with Crippen molar-refractivity contribution in [2.24, 2.45) is 0 Å². The van der Waals surface area contributed by atoms with Gasteiger partial charge >= 0.3 is 0 Å².